The maximum absolute atomic E-state index is 12.5. The van der Waals surface area contributed by atoms with Crippen molar-refractivity contribution < 1.29 is 19.0 Å². The summed E-state index contributed by atoms with van der Waals surface area (Å²) in [4.78, 5) is 12.5. The number of Topliss-reactive ketones (excluding diaryl/α,β-unsaturated/α-hetero) is 1. The van der Waals surface area contributed by atoms with Crippen LogP contribution in [0.5, 0.6) is 0 Å². The summed E-state index contributed by atoms with van der Waals surface area (Å²) in [5.41, 5.74) is 0.569. The van der Waals surface area contributed by atoms with Gasteiger partial charge in [-0.05, 0) is 0 Å². The summed E-state index contributed by atoms with van der Waals surface area (Å²) in [5.74, 6) is -1.70. The highest BCUT2D eigenvalue weighted by Gasteiger charge is 2.59. The summed E-state index contributed by atoms with van der Waals surface area (Å²) in [5, 5.41) is 0. The zero-order valence-electron chi connectivity index (χ0n) is 9.87. The van der Waals surface area contributed by atoms with Crippen LogP contribution >= 0.6 is 0 Å². The molecule has 4 bridgehead atoms. The molecular formula is C14H14O4. The number of ether oxygens (including phenoxy) is 3. The lowest BCUT2D eigenvalue weighted by Gasteiger charge is -2.54. The second kappa shape index (κ2) is 3.63. The van der Waals surface area contributed by atoms with Gasteiger partial charge in [0.1, 0.15) is 0 Å². The van der Waals surface area contributed by atoms with Crippen molar-refractivity contribution in [2.45, 2.75) is 43.5 Å². The fourth-order valence-corrected chi connectivity index (χ4v) is 3.13. The summed E-state index contributed by atoms with van der Waals surface area (Å²) in [6.45, 7) is 0. The van der Waals surface area contributed by atoms with Gasteiger partial charge in [0.15, 0.2) is 0 Å². The molecule has 4 aliphatic rings. The minimum absolute atomic E-state index is 0.101. The van der Waals surface area contributed by atoms with Crippen LogP contribution in [0.4, 0.5) is 0 Å². The van der Waals surface area contributed by atoms with E-state index in [9.17, 15) is 4.79 Å². The van der Waals surface area contributed by atoms with Gasteiger partial charge in [0.05, 0.1) is 18.3 Å². The Morgan fingerprint density at radius 2 is 1.44 bits per heavy atom. The minimum Gasteiger partial charge on any atom is -0.317 e. The third-order valence-corrected chi connectivity index (χ3v) is 3.86. The molecule has 0 unspecified atom stereocenters. The van der Waals surface area contributed by atoms with Gasteiger partial charge in [-0.3, -0.25) is 4.79 Å². The molecule has 3 heterocycles. The van der Waals surface area contributed by atoms with E-state index >= 15 is 0 Å². The Morgan fingerprint density at radius 1 is 0.944 bits per heavy atom. The van der Waals surface area contributed by atoms with Gasteiger partial charge in [-0.25, -0.2) is 0 Å². The lowest BCUT2D eigenvalue weighted by molar-refractivity contribution is -0.464. The lowest BCUT2D eigenvalue weighted by Crippen LogP contribution is -2.65. The van der Waals surface area contributed by atoms with Crippen LogP contribution in [-0.2, 0) is 14.2 Å². The Bertz CT molecular complexity index is 447. The summed E-state index contributed by atoms with van der Waals surface area (Å²) >= 11 is 0. The molecule has 3 aliphatic heterocycles. The SMILES string of the molecule is O=C(c1ccccc1)C12OC3CC(CC(C3)O1)O2. The number of carbonyl (C=O) groups excluding carboxylic acids is 1. The van der Waals surface area contributed by atoms with Crippen molar-refractivity contribution in [2.75, 3.05) is 0 Å². The topological polar surface area (TPSA) is 44.8 Å². The first-order chi connectivity index (χ1) is 8.75. The molecule has 0 N–H and O–H groups in total. The highest BCUT2D eigenvalue weighted by atomic mass is 16.9. The Hall–Kier alpha value is -1.23. The number of hydrogen-bond acceptors (Lipinski definition) is 4. The van der Waals surface area contributed by atoms with Crippen LogP contribution < -0.4 is 0 Å². The number of benzene rings is 1. The molecule has 0 radical (unpaired) electrons. The Balaban J connectivity index is 1.70. The Kier molecular flexibility index (Phi) is 2.15. The molecule has 4 nitrogen and oxygen atoms in total. The first-order valence-corrected chi connectivity index (χ1v) is 6.38. The maximum atomic E-state index is 12.5. The fraction of sp³-hybridized carbons (Fsp3) is 0.500. The van der Waals surface area contributed by atoms with Gasteiger partial charge in [-0.15, -0.1) is 0 Å². The molecular weight excluding hydrogens is 232 g/mol. The molecule has 5 rings (SSSR count). The van der Waals surface area contributed by atoms with Gasteiger partial charge in [0.2, 0.25) is 0 Å². The molecule has 1 saturated carbocycles. The first kappa shape index (κ1) is 10.7. The van der Waals surface area contributed by atoms with E-state index in [-0.39, 0.29) is 24.1 Å². The van der Waals surface area contributed by atoms with Gasteiger partial charge in [0, 0.05) is 24.8 Å². The van der Waals surface area contributed by atoms with Gasteiger partial charge >= 0.3 is 5.97 Å². The molecule has 3 saturated heterocycles. The Labute approximate surface area is 105 Å². The van der Waals surface area contributed by atoms with Crippen LogP contribution in [0, 0.1) is 0 Å². The van der Waals surface area contributed by atoms with E-state index in [1.54, 1.807) is 12.1 Å². The van der Waals surface area contributed by atoms with Crippen molar-refractivity contribution in [1.82, 2.24) is 0 Å². The van der Waals surface area contributed by atoms with Gasteiger partial charge < -0.3 is 14.2 Å². The van der Waals surface area contributed by atoms with Crippen LogP contribution in [0.1, 0.15) is 29.6 Å². The lowest BCUT2D eigenvalue weighted by atomic mass is 9.88. The van der Waals surface area contributed by atoms with E-state index in [1.807, 2.05) is 18.2 Å². The van der Waals surface area contributed by atoms with Crippen molar-refractivity contribution in [3.63, 3.8) is 0 Å². The third kappa shape index (κ3) is 1.46. The van der Waals surface area contributed by atoms with Crippen molar-refractivity contribution >= 4 is 5.78 Å². The number of ketones is 1. The predicted molar refractivity (Wildman–Crippen MR) is 62.0 cm³/mol. The van der Waals surface area contributed by atoms with Crippen LogP contribution in [0.25, 0.3) is 0 Å². The third-order valence-electron chi connectivity index (χ3n) is 3.86. The van der Waals surface area contributed by atoms with Gasteiger partial charge in [0.25, 0.3) is 5.78 Å². The molecule has 1 aliphatic carbocycles. The predicted octanol–water partition coefficient (Wildman–Crippen LogP) is 1.89. The number of hydrogen-bond donors (Lipinski definition) is 0. The minimum atomic E-state index is -1.48. The monoisotopic (exact) mass is 246 g/mol. The van der Waals surface area contributed by atoms with Crippen molar-refractivity contribution in [3.05, 3.63) is 35.9 Å². The Morgan fingerprint density at radius 3 is 1.94 bits per heavy atom. The van der Waals surface area contributed by atoms with E-state index in [0.29, 0.717) is 5.56 Å². The second-order valence-electron chi connectivity index (χ2n) is 5.18. The zero-order chi connectivity index (χ0) is 12.2. The van der Waals surface area contributed by atoms with Crippen molar-refractivity contribution in [1.29, 1.82) is 0 Å². The molecule has 0 aromatic heterocycles. The van der Waals surface area contributed by atoms with E-state index in [2.05, 4.69) is 0 Å². The van der Waals surface area contributed by atoms with Crippen molar-refractivity contribution in [3.8, 4) is 0 Å². The summed E-state index contributed by atoms with van der Waals surface area (Å²) in [7, 11) is 0. The highest BCUT2D eigenvalue weighted by molar-refractivity contribution is 6.00. The van der Waals surface area contributed by atoms with E-state index < -0.39 is 5.97 Å². The molecule has 0 spiro atoms. The normalized spacial score (nSPS) is 41.0. The smallest absolute Gasteiger partial charge is 0.317 e. The van der Waals surface area contributed by atoms with E-state index in [4.69, 9.17) is 14.2 Å². The zero-order valence-corrected chi connectivity index (χ0v) is 9.87. The molecule has 0 atom stereocenters. The molecule has 0 amide bonds. The standard InChI is InChI=1S/C14H14O4/c15-13(9-4-2-1-3-5-9)14-16-10-6-11(17-14)8-12(7-10)18-14/h1-5,10-12H,6-8H2. The largest absolute Gasteiger partial charge is 0.352 e. The van der Waals surface area contributed by atoms with Crippen LogP contribution in [0.2, 0.25) is 0 Å². The summed E-state index contributed by atoms with van der Waals surface area (Å²) in [6, 6.07) is 9.05. The molecule has 94 valence electrons. The van der Waals surface area contributed by atoms with Crippen LogP contribution in [0.3, 0.4) is 0 Å². The first-order valence-electron chi connectivity index (χ1n) is 6.38. The molecule has 4 heteroatoms. The van der Waals surface area contributed by atoms with Crippen LogP contribution in [0.15, 0.2) is 30.3 Å². The maximum Gasteiger partial charge on any atom is 0.352 e. The second-order valence-corrected chi connectivity index (χ2v) is 5.18. The average Bonchev–Trinajstić information content (AvgIpc) is 2.37. The van der Waals surface area contributed by atoms with Crippen LogP contribution in [-0.4, -0.2) is 30.1 Å². The van der Waals surface area contributed by atoms with E-state index in [1.165, 1.54) is 0 Å². The van der Waals surface area contributed by atoms with Gasteiger partial charge in [-0.2, -0.15) is 0 Å². The number of carbonyl (C=O) groups is 1. The van der Waals surface area contributed by atoms with Crippen molar-refractivity contribution in [2.24, 2.45) is 0 Å². The molecule has 1 aromatic carbocycles. The number of rotatable bonds is 2. The summed E-state index contributed by atoms with van der Waals surface area (Å²) in [6.07, 6.45) is 2.94. The summed E-state index contributed by atoms with van der Waals surface area (Å²) < 4.78 is 17.2. The average molecular weight is 246 g/mol. The van der Waals surface area contributed by atoms with E-state index in [0.717, 1.165) is 19.3 Å². The molecule has 1 aromatic rings. The van der Waals surface area contributed by atoms with Gasteiger partial charge in [-0.1, -0.05) is 30.3 Å². The fourth-order valence-electron chi connectivity index (χ4n) is 3.13. The molecule has 18 heavy (non-hydrogen) atoms. The highest BCUT2D eigenvalue weighted by Crippen LogP contribution is 2.45. The quantitative estimate of drug-likeness (QED) is 0.747. The molecule has 4 fully saturated rings.